The molecule has 1 atom stereocenters. The van der Waals surface area contributed by atoms with Crippen LogP contribution in [0.25, 0.3) is 0 Å². The summed E-state index contributed by atoms with van der Waals surface area (Å²) in [4.78, 5) is 37.1. The van der Waals surface area contributed by atoms with Crippen molar-refractivity contribution in [3.8, 4) is 0 Å². The van der Waals surface area contributed by atoms with Crippen molar-refractivity contribution in [2.75, 3.05) is 13.2 Å². The van der Waals surface area contributed by atoms with Crippen LogP contribution in [0.3, 0.4) is 0 Å². The number of rotatable bonds is 35. The SMILES string of the molecule is CCCCCCCCCC(=O)OC[C@@H](COC(=O)CCCCCCC)OC(=O)CCCCCCCCCCCCCCCC(C)C. The summed E-state index contributed by atoms with van der Waals surface area (Å²) in [6.07, 6.45) is 31.3. The van der Waals surface area contributed by atoms with Gasteiger partial charge in [-0.3, -0.25) is 14.4 Å². The number of esters is 3. The summed E-state index contributed by atoms with van der Waals surface area (Å²) in [7, 11) is 0. The van der Waals surface area contributed by atoms with Crippen molar-refractivity contribution in [2.45, 2.75) is 220 Å². The van der Waals surface area contributed by atoms with Crippen molar-refractivity contribution in [1.82, 2.24) is 0 Å². The molecule has 0 rings (SSSR count). The summed E-state index contributed by atoms with van der Waals surface area (Å²) >= 11 is 0. The quantitative estimate of drug-likeness (QED) is 0.0385. The Hall–Kier alpha value is -1.59. The van der Waals surface area contributed by atoms with Gasteiger partial charge in [0.15, 0.2) is 6.10 Å². The van der Waals surface area contributed by atoms with Crippen molar-refractivity contribution in [3.63, 3.8) is 0 Å². The van der Waals surface area contributed by atoms with Gasteiger partial charge in [-0.15, -0.1) is 0 Å². The van der Waals surface area contributed by atoms with Crippen LogP contribution in [0.1, 0.15) is 214 Å². The Labute approximate surface area is 285 Å². The van der Waals surface area contributed by atoms with E-state index in [1.807, 2.05) is 0 Å². The lowest BCUT2D eigenvalue weighted by molar-refractivity contribution is -0.167. The van der Waals surface area contributed by atoms with Crippen LogP contribution < -0.4 is 0 Å². The molecule has 0 saturated carbocycles. The minimum atomic E-state index is -0.755. The minimum absolute atomic E-state index is 0.0665. The first-order valence-electron chi connectivity index (χ1n) is 19.9. The third-order valence-electron chi connectivity index (χ3n) is 8.79. The molecule has 0 saturated heterocycles. The molecule has 0 fully saturated rings. The van der Waals surface area contributed by atoms with E-state index in [1.54, 1.807) is 0 Å². The van der Waals surface area contributed by atoms with Gasteiger partial charge >= 0.3 is 17.9 Å². The van der Waals surface area contributed by atoms with Gasteiger partial charge in [0.25, 0.3) is 0 Å². The van der Waals surface area contributed by atoms with E-state index in [0.717, 1.165) is 70.1 Å². The Bertz CT molecular complexity index is 691. The second-order valence-electron chi connectivity index (χ2n) is 14.0. The molecule has 0 aliphatic rings. The van der Waals surface area contributed by atoms with Gasteiger partial charge in [0.05, 0.1) is 0 Å². The van der Waals surface area contributed by atoms with E-state index >= 15 is 0 Å². The van der Waals surface area contributed by atoms with E-state index in [2.05, 4.69) is 27.7 Å². The molecule has 0 radical (unpaired) electrons. The molecule has 272 valence electrons. The minimum Gasteiger partial charge on any atom is -0.462 e. The zero-order valence-electron chi connectivity index (χ0n) is 31.0. The van der Waals surface area contributed by atoms with E-state index in [0.29, 0.717) is 19.3 Å². The molecule has 0 unspecified atom stereocenters. The van der Waals surface area contributed by atoms with Gasteiger partial charge in [-0.05, 0) is 25.2 Å². The number of hydrogen-bond donors (Lipinski definition) is 0. The van der Waals surface area contributed by atoms with Crippen LogP contribution in [0.4, 0.5) is 0 Å². The molecule has 0 aliphatic heterocycles. The van der Waals surface area contributed by atoms with E-state index in [1.165, 1.54) is 103 Å². The normalized spacial score (nSPS) is 11.9. The molecular weight excluding hydrogens is 576 g/mol. The number of carbonyl (C=O) groups is 3. The molecule has 0 aromatic rings. The summed E-state index contributed by atoms with van der Waals surface area (Å²) in [5.74, 6) is -0.0445. The molecule has 0 aliphatic carbocycles. The molecule has 0 spiro atoms. The maximum absolute atomic E-state index is 12.6. The number of hydrogen-bond acceptors (Lipinski definition) is 6. The highest BCUT2D eigenvalue weighted by atomic mass is 16.6. The summed E-state index contributed by atoms with van der Waals surface area (Å²) in [5.41, 5.74) is 0. The van der Waals surface area contributed by atoms with Crippen LogP contribution in [0.15, 0.2) is 0 Å². The summed E-state index contributed by atoms with van der Waals surface area (Å²) < 4.78 is 16.5. The predicted molar refractivity (Wildman–Crippen MR) is 192 cm³/mol. The first kappa shape index (κ1) is 44.4. The standard InChI is InChI=1S/C40H76O6/c1-5-7-9-11-19-24-28-32-39(42)45-35-37(34-44-38(41)31-27-22-10-8-6-2)46-40(43)33-29-25-21-18-16-14-12-13-15-17-20-23-26-30-36(3)4/h36-37H,5-35H2,1-4H3/t37-/m1/s1. The Morgan fingerprint density at radius 3 is 1.07 bits per heavy atom. The van der Waals surface area contributed by atoms with Crippen LogP contribution in [0, 0.1) is 5.92 Å². The molecule has 6 nitrogen and oxygen atoms in total. The molecule has 0 aromatic heterocycles. The van der Waals surface area contributed by atoms with Crippen LogP contribution in [0.5, 0.6) is 0 Å². The summed E-state index contributed by atoms with van der Waals surface area (Å²) in [6.45, 7) is 8.86. The first-order valence-corrected chi connectivity index (χ1v) is 19.9. The molecule has 6 heteroatoms. The largest absolute Gasteiger partial charge is 0.462 e. The molecule has 0 bridgehead atoms. The Kier molecular flexibility index (Phi) is 33.5. The predicted octanol–water partition coefficient (Wildman–Crippen LogP) is 12.0. The molecule has 0 N–H and O–H groups in total. The van der Waals surface area contributed by atoms with Gasteiger partial charge in [0, 0.05) is 19.3 Å². The second kappa shape index (κ2) is 34.7. The highest BCUT2D eigenvalue weighted by molar-refractivity contribution is 5.71. The Balaban J connectivity index is 4.17. The van der Waals surface area contributed by atoms with Gasteiger partial charge in [0.1, 0.15) is 13.2 Å². The molecule has 0 heterocycles. The van der Waals surface area contributed by atoms with E-state index in [-0.39, 0.29) is 31.1 Å². The van der Waals surface area contributed by atoms with E-state index < -0.39 is 6.10 Å². The molecule has 0 amide bonds. The first-order chi connectivity index (χ1) is 22.4. The summed E-state index contributed by atoms with van der Waals surface area (Å²) in [6, 6.07) is 0. The Morgan fingerprint density at radius 1 is 0.413 bits per heavy atom. The van der Waals surface area contributed by atoms with Crippen LogP contribution in [-0.2, 0) is 28.6 Å². The zero-order chi connectivity index (χ0) is 33.9. The number of carbonyl (C=O) groups excluding carboxylic acids is 3. The van der Waals surface area contributed by atoms with Gasteiger partial charge in [-0.2, -0.15) is 0 Å². The van der Waals surface area contributed by atoms with Gasteiger partial charge in [-0.1, -0.05) is 175 Å². The van der Waals surface area contributed by atoms with Gasteiger partial charge in [0.2, 0.25) is 0 Å². The fourth-order valence-corrected chi connectivity index (χ4v) is 5.74. The van der Waals surface area contributed by atoms with Crippen molar-refractivity contribution in [3.05, 3.63) is 0 Å². The monoisotopic (exact) mass is 653 g/mol. The number of unbranched alkanes of at least 4 members (excludes halogenated alkanes) is 22. The smallest absolute Gasteiger partial charge is 0.306 e. The van der Waals surface area contributed by atoms with E-state index in [4.69, 9.17) is 14.2 Å². The zero-order valence-corrected chi connectivity index (χ0v) is 31.0. The van der Waals surface area contributed by atoms with Crippen molar-refractivity contribution in [1.29, 1.82) is 0 Å². The lowest BCUT2D eigenvalue weighted by Crippen LogP contribution is -2.30. The topological polar surface area (TPSA) is 78.9 Å². The Morgan fingerprint density at radius 2 is 0.717 bits per heavy atom. The lowest BCUT2D eigenvalue weighted by atomic mass is 10.0. The van der Waals surface area contributed by atoms with Crippen LogP contribution in [0.2, 0.25) is 0 Å². The van der Waals surface area contributed by atoms with Crippen molar-refractivity contribution in [2.24, 2.45) is 5.92 Å². The van der Waals surface area contributed by atoms with Crippen molar-refractivity contribution < 1.29 is 28.6 Å². The van der Waals surface area contributed by atoms with Gasteiger partial charge in [-0.25, -0.2) is 0 Å². The fourth-order valence-electron chi connectivity index (χ4n) is 5.74. The highest BCUT2D eigenvalue weighted by Gasteiger charge is 2.19. The lowest BCUT2D eigenvalue weighted by Gasteiger charge is -2.18. The average Bonchev–Trinajstić information content (AvgIpc) is 3.03. The van der Waals surface area contributed by atoms with Crippen LogP contribution in [-0.4, -0.2) is 37.2 Å². The van der Waals surface area contributed by atoms with E-state index in [9.17, 15) is 14.4 Å². The second-order valence-corrected chi connectivity index (χ2v) is 14.0. The van der Waals surface area contributed by atoms with Crippen molar-refractivity contribution >= 4 is 17.9 Å². The maximum atomic E-state index is 12.6. The highest BCUT2D eigenvalue weighted by Crippen LogP contribution is 2.15. The van der Waals surface area contributed by atoms with Crippen LogP contribution >= 0.6 is 0 Å². The third-order valence-corrected chi connectivity index (χ3v) is 8.79. The summed E-state index contributed by atoms with van der Waals surface area (Å²) in [5, 5.41) is 0. The maximum Gasteiger partial charge on any atom is 0.306 e. The number of ether oxygens (including phenoxy) is 3. The molecular formula is C40H76O6. The molecule has 46 heavy (non-hydrogen) atoms. The van der Waals surface area contributed by atoms with Gasteiger partial charge < -0.3 is 14.2 Å². The molecule has 0 aromatic carbocycles. The average molecular weight is 653 g/mol. The fraction of sp³-hybridized carbons (Fsp3) is 0.925. The third kappa shape index (κ3) is 33.8.